The predicted octanol–water partition coefficient (Wildman–Crippen LogP) is 2.66. The molecule has 1 aromatic carbocycles. The van der Waals surface area contributed by atoms with Crippen LogP contribution in [0.5, 0.6) is 5.75 Å². The number of hydrogen-bond donors (Lipinski definition) is 3. The fourth-order valence-electron chi connectivity index (χ4n) is 4.09. The highest BCUT2D eigenvalue weighted by atomic mass is 35.5. The summed E-state index contributed by atoms with van der Waals surface area (Å²) in [5, 5.41) is 9.66. The van der Waals surface area contributed by atoms with Gasteiger partial charge in [0, 0.05) is 23.7 Å². The van der Waals surface area contributed by atoms with Crippen LogP contribution >= 0.6 is 12.4 Å². The van der Waals surface area contributed by atoms with Crippen molar-refractivity contribution in [1.29, 1.82) is 0 Å². The molecule has 0 spiro atoms. The highest BCUT2D eigenvalue weighted by molar-refractivity contribution is 5.97. The van der Waals surface area contributed by atoms with Crippen molar-refractivity contribution < 1.29 is 14.3 Å². The van der Waals surface area contributed by atoms with Gasteiger partial charge in [-0.1, -0.05) is 13.8 Å². The van der Waals surface area contributed by atoms with Gasteiger partial charge in [-0.15, -0.1) is 12.4 Å². The topological polar surface area (TPSA) is 79.5 Å². The van der Waals surface area contributed by atoms with E-state index in [0.717, 1.165) is 18.6 Å². The Morgan fingerprint density at radius 2 is 1.75 bits per heavy atom. The molecule has 0 saturated carbocycles. The molecular weight excluding hydrogens is 378 g/mol. The Bertz CT molecular complexity index is 653. The van der Waals surface area contributed by atoms with Crippen molar-refractivity contribution in [2.45, 2.75) is 70.6 Å². The number of carbonyl (C=O) groups excluding carboxylic acids is 2. The van der Waals surface area contributed by atoms with Crippen LogP contribution in [0.1, 0.15) is 56.8 Å². The molecule has 2 heterocycles. The van der Waals surface area contributed by atoms with Crippen LogP contribution < -0.4 is 20.7 Å². The quantitative estimate of drug-likeness (QED) is 0.646. The minimum absolute atomic E-state index is 0. The first-order valence-corrected chi connectivity index (χ1v) is 10.1. The van der Waals surface area contributed by atoms with E-state index in [0.29, 0.717) is 24.3 Å². The van der Waals surface area contributed by atoms with Gasteiger partial charge in [0.1, 0.15) is 11.8 Å². The Labute approximate surface area is 173 Å². The molecule has 28 heavy (non-hydrogen) atoms. The molecule has 6 nitrogen and oxygen atoms in total. The van der Waals surface area contributed by atoms with Gasteiger partial charge in [-0.25, -0.2) is 0 Å². The average molecular weight is 410 g/mol. The third-order valence-electron chi connectivity index (χ3n) is 5.48. The van der Waals surface area contributed by atoms with Crippen molar-refractivity contribution in [3.8, 4) is 5.75 Å². The van der Waals surface area contributed by atoms with Crippen molar-refractivity contribution in [1.82, 2.24) is 16.0 Å². The minimum Gasteiger partial charge on any atom is -0.494 e. The summed E-state index contributed by atoms with van der Waals surface area (Å²) in [6.07, 6.45) is 4.33. The van der Waals surface area contributed by atoms with Crippen molar-refractivity contribution >= 4 is 24.2 Å². The Morgan fingerprint density at radius 1 is 1.14 bits per heavy atom. The monoisotopic (exact) mass is 409 g/mol. The van der Waals surface area contributed by atoms with E-state index >= 15 is 0 Å². The van der Waals surface area contributed by atoms with E-state index < -0.39 is 6.04 Å². The normalized spacial score (nSPS) is 24.2. The van der Waals surface area contributed by atoms with Gasteiger partial charge in [0.25, 0.3) is 5.91 Å². The molecule has 3 N–H and O–H groups in total. The van der Waals surface area contributed by atoms with E-state index in [1.165, 1.54) is 12.8 Å². The van der Waals surface area contributed by atoms with Crippen LogP contribution in [0.4, 0.5) is 0 Å². The van der Waals surface area contributed by atoms with E-state index in [9.17, 15) is 9.59 Å². The van der Waals surface area contributed by atoms with Gasteiger partial charge in [0.15, 0.2) is 0 Å². The van der Waals surface area contributed by atoms with Crippen molar-refractivity contribution in [2.75, 3.05) is 6.61 Å². The second kappa shape index (κ2) is 10.1. The van der Waals surface area contributed by atoms with Crippen LogP contribution in [0.3, 0.4) is 0 Å². The molecule has 3 atom stereocenters. The predicted molar refractivity (Wildman–Crippen MR) is 112 cm³/mol. The maximum Gasteiger partial charge on any atom is 0.251 e. The third-order valence-corrected chi connectivity index (χ3v) is 5.48. The summed E-state index contributed by atoms with van der Waals surface area (Å²) in [5.74, 6) is 0.413. The number of carbonyl (C=O) groups is 2. The van der Waals surface area contributed by atoms with Crippen LogP contribution in [0.15, 0.2) is 24.3 Å². The van der Waals surface area contributed by atoms with E-state index in [2.05, 4.69) is 16.0 Å². The summed E-state index contributed by atoms with van der Waals surface area (Å²) in [7, 11) is 0. The fraction of sp³-hybridized carbons (Fsp3) is 0.619. The number of amides is 2. The zero-order valence-corrected chi connectivity index (χ0v) is 17.7. The van der Waals surface area contributed by atoms with Crippen LogP contribution in [0, 0.1) is 5.92 Å². The van der Waals surface area contributed by atoms with Crippen LogP contribution in [0.2, 0.25) is 0 Å². The van der Waals surface area contributed by atoms with Gasteiger partial charge >= 0.3 is 0 Å². The van der Waals surface area contributed by atoms with Gasteiger partial charge in [-0.3, -0.25) is 9.59 Å². The molecule has 0 radical (unpaired) electrons. The summed E-state index contributed by atoms with van der Waals surface area (Å²) < 4.78 is 5.40. The number of nitrogens with one attached hydrogen (secondary N) is 3. The summed E-state index contributed by atoms with van der Waals surface area (Å²) >= 11 is 0. The zero-order chi connectivity index (χ0) is 19.4. The first-order chi connectivity index (χ1) is 13.0. The lowest BCUT2D eigenvalue weighted by Crippen LogP contribution is -2.55. The lowest BCUT2D eigenvalue weighted by molar-refractivity contribution is -0.124. The van der Waals surface area contributed by atoms with E-state index in [1.54, 1.807) is 24.3 Å². The van der Waals surface area contributed by atoms with Gasteiger partial charge in [0.05, 0.1) is 6.61 Å². The highest BCUT2D eigenvalue weighted by Crippen LogP contribution is 2.27. The molecule has 2 fully saturated rings. The fourth-order valence-corrected chi connectivity index (χ4v) is 4.09. The Kier molecular flexibility index (Phi) is 8.13. The summed E-state index contributed by atoms with van der Waals surface area (Å²) in [6, 6.07) is 7.67. The molecule has 3 rings (SSSR count). The molecule has 2 bridgehead atoms. The molecule has 2 aliphatic rings. The van der Waals surface area contributed by atoms with Crippen LogP contribution in [-0.2, 0) is 4.79 Å². The molecule has 156 valence electrons. The number of hydrogen-bond acceptors (Lipinski definition) is 4. The van der Waals surface area contributed by atoms with Crippen LogP contribution in [-0.4, -0.2) is 42.6 Å². The maximum absolute atomic E-state index is 12.8. The number of rotatable bonds is 7. The SMILES string of the molecule is CCOc1ccc(C(=O)NC(C(=O)NC2CC3CCC(C2)N3)C(C)C)cc1.Cl. The van der Waals surface area contributed by atoms with E-state index in [1.807, 2.05) is 20.8 Å². The number of fused-ring (bicyclic) bond motifs is 2. The number of piperidine rings is 1. The molecule has 1 aromatic rings. The molecule has 0 aliphatic carbocycles. The van der Waals surface area contributed by atoms with Gasteiger partial charge in [-0.05, 0) is 62.8 Å². The molecule has 7 heteroatoms. The first kappa shape index (κ1) is 22.5. The van der Waals surface area contributed by atoms with Crippen molar-refractivity contribution in [2.24, 2.45) is 5.92 Å². The lowest BCUT2D eigenvalue weighted by Gasteiger charge is -2.31. The minimum atomic E-state index is -0.545. The van der Waals surface area contributed by atoms with Crippen molar-refractivity contribution in [3.63, 3.8) is 0 Å². The van der Waals surface area contributed by atoms with E-state index in [-0.39, 0.29) is 36.2 Å². The zero-order valence-electron chi connectivity index (χ0n) is 16.9. The molecular formula is C21H32ClN3O3. The van der Waals surface area contributed by atoms with Gasteiger partial charge < -0.3 is 20.7 Å². The second-order valence-electron chi connectivity index (χ2n) is 7.97. The maximum atomic E-state index is 12.8. The summed E-state index contributed by atoms with van der Waals surface area (Å²) in [4.78, 5) is 25.4. The standard InChI is InChI=1S/C21H31N3O3.ClH/c1-4-27-18-9-5-14(6-10-18)20(25)24-19(13(2)3)21(26)23-17-11-15-7-8-16(12-17)22-15;/h5-6,9-10,13,15-17,19,22H,4,7-8,11-12H2,1-3H3,(H,23,26)(H,24,25);1H. The lowest BCUT2D eigenvalue weighted by atomic mass is 9.97. The molecule has 0 aromatic heterocycles. The number of ether oxygens (including phenoxy) is 1. The van der Waals surface area contributed by atoms with Crippen molar-refractivity contribution in [3.05, 3.63) is 29.8 Å². The number of benzene rings is 1. The van der Waals surface area contributed by atoms with Gasteiger partial charge in [0.2, 0.25) is 5.91 Å². The van der Waals surface area contributed by atoms with Crippen LogP contribution in [0.25, 0.3) is 0 Å². The Morgan fingerprint density at radius 3 is 2.29 bits per heavy atom. The number of halogens is 1. The molecule has 2 amide bonds. The van der Waals surface area contributed by atoms with E-state index in [4.69, 9.17) is 4.74 Å². The summed E-state index contributed by atoms with van der Waals surface area (Å²) in [6.45, 7) is 6.41. The third kappa shape index (κ3) is 5.61. The molecule has 3 unspecified atom stereocenters. The van der Waals surface area contributed by atoms with Gasteiger partial charge in [-0.2, -0.15) is 0 Å². The molecule has 2 aliphatic heterocycles. The average Bonchev–Trinajstić information content (AvgIpc) is 2.98. The highest BCUT2D eigenvalue weighted by Gasteiger charge is 2.35. The molecule has 2 saturated heterocycles. The first-order valence-electron chi connectivity index (χ1n) is 10.1. The smallest absolute Gasteiger partial charge is 0.251 e. The second-order valence-corrected chi connectivity index (χ2v) is 7.97. The Balaban J connectivity index is 0.00000280. The summed E-state index contributed by atoms with van der Waals surface area (Å²) in [5.41, 5.74) is 0.525. The Hall–Kier alpha value is -1.79. The largest absolute Gasteiger partial charge is 0.494 e.